The summed E-state index contributed by atoms with van der Waals surface area (Å²) in [6.07, 6.45) is 0. The minimum Gasteiger partial charge on any atom is -0.316 e. The molecule has 8 heteroatoms. The van der Waals surface area contributed by atoms with Crippen molar-refractivity contribution in [1.29, 1.82) is 0 Å². The second-order valence-electron chi connectivity index (χ2n) is 3.97. The van der Waals surface area contributed by atoms with E-state index in [1.54, 1.807) is 0 Å². The molecule has 0 radical (unpaired) electrons. The van der Waals surface area contributed by atoms with Crippen molar-refractivity contribution in [2.75, 3.05) is 5.32 Å². The van der Waals surface area contributed by atoms with Crippen molar-refractivity contribution in [2.45, 2.75) is 0 Å². The standard InChI is InChI=1S/C13H7BrClFN2O3/c14-9-3-1-2-8(12(9)16)13(19)17-10-5-4-7(15)6-11(10)18(20)21/h1-6H,(H,17,19). The van der Waals surface area contributed by atoms with Crippen molar-refractivity contribution in [1.82, 2.24) is 0 Å². The van der Waals surface area contributed by atoms with Gasteiger partial charge in [0.25, 0.3) is 11.6 Å². The number of hydrogen-bond donors (Lipinski definition) is 1. The summed E-state index contributed by atoms with van der Waals surface area (Å²) in [5, 5.41) is 13.4. The van der Waals surface area contributed by atoms with Gasteiger partial charge in [0, 0.05) is 11.1 Å². The van der Waals surface area contributed by atoms with E-state index in [4.69, 9.17) is 11.6 Å². The summed E-state index contributed by atoms with van der Waals surface area (Å²) >= 11 is 8.64. The summed E-state index contributed by atoms with van der Waals surface area (Å²) < 4.78 is 13.9. The molecule has 0 atom stereocenters. The van der Waals surface area contributed by atoms with Crippen molar-refractivity contribution in [3.05, 3.63) is 67.4 Å². The lowest BCUT2D eigenvalue weighted by Gasteiger charge is -2.07. The van der Waals surface area contributed by atoms with E-state index in [1.807, 2.05) is 0 Å². The maximum atomic E-state index is 13.8. The Bertz CT molecular complexity index is 739. The van der Waals surface area contributed by atoms with Gasteiger partial charge >= 0.3 is 0 Å². The molecule has 0 unspecified atom stereocenters. The third kappa shape index (κ3) is 3.37. The fourth-order valence-electron chi connectivity index (χ4n) is 1.63. The van der Waals surface area contributed by atoms with Gasteiger partial charge in [-0.3, -0.25) is 14.9 Å². The van der Waals surface area contributed by atoms with Crippen LogP contribution in [0.3, 0.4) is 0 Å². The maximum absolute atomic E-state index is 13.8. The van der Waals surface area contributed by atoms with Crippen LogP contribution in [0.25, 0.3) is 0 Å². The summed E-state index contributed by atoms with van der Waals surface area (Å²) in [7, 11) is 0. The monoisotopic (exact) mass is 372 g/mol. The van der Waals surface area contributed by atoms with Crippen LogP contribution in [0.5, 0.6) is 0 Å². The summed E-state index contributed by atoms with van der Waals surface area (Å²) in [6.45, 7) is 0. The molecule has 0 aromatic heterocycles. The Kier molecular flexibility index (Phi) is 4.54. The maximum Gasteiger partial charge on any atom is 0.294 e. The van der Waals surface area contributed by atoms with E-state index in [9.17, 15) is 19.3 Å². The molecule has 0 saturated heterocycles. The smallest absolute Gasteiger partial charge is 0.294 e. The van der Waals surface area contributed by atoms with Gasteiger partial charge in [0.05, 0.1) is 15.0 Å². The average Bonchev–Trinajstić information content (AvgIpc) is 2.43. The molecule has 0 bridgehead atoms. The number of nitrogens with zero attached hydrogens (tertiary/aromatic N) is 1. The fourth-order valence-corrected chi connectivity index (χ4v) is 2.16. The fraction of sp³-hybridized carbons (Fsp3) is 0. The second kappa shape index (κ2) is 6.19. The number of carbonyl (C=O) groups is 1. The van der Waals surface area contributed by atoms with Crippen molar-refractivity contribution in [2.24, 2.45) is 0 Å². The van der Waals surface area contributed by atoms with Crippen LogP contribution in [0.1, 0.15) is 10.4 Å². The lowest BCUT2D eigenvalue weighted by atomic mass is 10.2. The van der Waals surface area contributed by atoms with Crippen molar-refractivity contribution >= 4 is 44.8 Å². The molecule has 2 aromatic carbocycles. The van der Waals surface area contributed by atoms with Gasteiger partial charge in [-0.05, 0) is 40.2 Å². The highest BCUT2D eigenvalue weighted by Crippen LogP contribution is 2.28. The number of halogens is 3. The van der Waals surface area contributed by atoms with Crippen LogP contribution in [0.4, 0.5) is 15.8 Å². The molecule has 1 amide bonds. The van der Waals surface area contributed by atoms with E-state index in [0.717, 1.165) is 6.07 Å². The predicted molar refractivity (Wildman–Crippen MR) is 80.2 cm³/mol. The highest BCUT2D eigenvalue weighted by atomic mass is 79.9. The SMILES string of the molecule is O=C(Nc1ccc(Cl)cc1[N+](=O)[O-])c1cccc(Br)c1F. The Hall–Kier alpha value is -1.99. The average molecular weight is 374 g/mol. The second-order valence-corrected chi connectivity index (χ2v) is 5.26. The normalized spacial score (nSPS) is 10.2. The van der Waals surface area contributed by atoms with Gasteiger partial charge in [0.1, 0.15) is 11.5 Å². The van der Waals surface area contributed by atoms with Crippen LogP contribution in [0.15, 0.2) is 40.9 Å². The first-order valence-corrected chi connectivity index (χ1v) is 6.76. The zero-order valence-corrected chi connectivity index (χ0v) is 12.6. The molecule has 0 spiro atoms. The number of hydrogen-bond acceptors (Lipinski definition) is 3. The van der Waals surface area contributed by atoms with E-state index in [0.29, 0.717) is 0 Å². The summed E-state index contributed by atoms with van der Waals surface area (Å²) in [5.41, 5.74) is -0.659. The van der Waals surface area contributed by atoms with Gasteiger partial charge < -0.3 is 5.32 Å². The number of carbonyl (C=O) groups excluding carboxylic acids is 1. The van der Waals surface area contributed by atoms with Gasteiger partial charge in [-0.2, -0.15) is 0 Å². The number of amides is 1. The molecular formula is C13H7BrClFN2O3. The number of nitro benzene ring substituents is 1. The Morgan fingerprint density at radius 2 is 2.05 bits per heavy atom. The van der Waals surface area contributed by atoms with Crippen molar-refractivity contribution in [3.63, 3.8) is 0 Å². The molecule has 0 aliphatic rings. The first-order valence-electron chi connectivity index (χ1n) is 5.59. The van der Waals surface area contributed by atoms with Crippen LogP contribution in [0, 0.1) is 15.9 Å². The molecule has 2 aromatic rings. The van der Waals surface area contributed by atoms with E-state index >= 15 is 0 Å². The zero-order valence-electron chi connectivity index (χ0n) is 10.3. The lowest BCUT2D eigenvalue weighted by Crippen LogP contribution is -2.15. The molecule has 0 fully saturated rings. The van der Waals surface area contributed by atoms with E-state index < -0.39 is 16.6 Å². The first kappa shape index (κ1) is 15.4. The molecule has 5 nitrogen and oxygen atoms in total. The minimum absolute atomic E-state index is 0.0613. The summed E-state index contributed by atoms with van der Waals surface area (Å²) in [4.78, 5) is 22.3. The molecule has 108 valence electrons. The largest absolute Gasteiger partial charge is 0.316 e. The predicted octanol–water partition coefficient (Wildman–Crippen LogP) is 4.40. The van der Waals surface area contributed by atoms with E-state index in [1.165, 1.54) is 30.3 Å². The number of benzene rings is 2. The Balaban J connectivity index is 2.36. The third-order valence-corrected chi connectivity index (χ3v) is 3.45. The molecular weight excluding hydrogens is 367 g/mol. The van der Waals surface area contributed by atoms with Gasteiger partial charge in [0.15, 0.2) is 0 Å². The van der Waals surface area contributed by atoms with Gasteiger partial charge in [0.2, 0.25) is 0 Å². The number of anilines is 1. The molecule has 0 aliphatic carbocycles. The summed E-state index contributed by atoms with van der Waals surface area (Å²) in [5.74, 6) is -1.54. The Labute approximate surface area is 132 Å². The molecule has 0 heterocycles. The highest BCUT2D eigenvalue weighted by Gasteiger charge is 2.19. The number of nitro groups is 1. The van der Waals surface area contributed by atoms with E-state index in [-0.39, 0.29) is 26.4 Å². The minimum atomic E-state index is -0.792. The van der Waals surface area contributed by atoms with Gasteiger partial charge in [-0.15, -0.1) is 0 Å². The molecule has 0 saturated carbocycles. The molecule has 2 rings (SSSR count). The van der Waals surface area contributed by atoms with Crippen LogP contribution in [-0.4, -0.2) is 10.8 Å². The van der Waals surface area contributed by atoms with Gasteiger partial charge in [-0.25, -0.2) is 4.39 Å². The van der Waals surface area contributed by atoms with Crippen molar-refractivity contribution in [3.8, 4) is 0 Å². The first-order chi connectivity index (χ1) is 9.90. The van der Waals surface area contributed by atoms with Crippen LogP contribution in [0.2, 0.25) is 5.02 Å². The third-order valence-electron chi connectivity index (χ3n) is 2.60. The van der Waals surface area contributed by atoms with Crippen molar-refractivity contribution < 1.29 is 14.1 Å². The van der Waals surface area contributed by atoms with E-state index in [2.05, 4.69) is 21.2 Å². The van der Waals surface area contributed by atoms with Crippen LogP contribution < -0.4 is 5.32 Å². The Morgan fingerprint density at radius 1 is 1.33 bits per heavy atom. The molecule has 0 aliphatic heterocycles. The topological polar surface area (TPSA) is 72.2 Å². The zero-order chi connectivity index (χ0) is 15.6. The van der Waals surface area contributed by atoms with Gasteiger partial charge in [-0.1, -0.05) is 17.7 Å². The Morgan fingerprint density at radius 3 is 2.71 bits per heavy atom. The van der Waals surface area contributed by atoms with Crippen LogP contribution in [-0.2, 0) is 0 Å². The number of nitrogens with one attached hydrogen (secondary N) is 1. The molecule has 21 heavy (non-hydrogen) atoms. The highest BCUT2D eigenvalue weighted by molar-refractivity contribution is 9.10. The molecule has 1 N–H and O–H groups in total. The van der Waals surface area contributed by atoms with Crippen LogP contribution >= 0.6 is 27.5 Å². The lowest BCUT2D eigenvalue weighted by molar-refractivity contribution is -0.383. The summed E-state index contributed by atoms with van der Waals surface area (Å²) in [6, 6.07) is 7.98. The quantitative estimate of drug-likeness (QED) is 0.640. The number of rotatable bonds is 3.